The SMILES string of the molecule is COc1ccc(/C=N\Nc2nc(-c3cccs3)cs2)cc1[N+](=O)[O-]. The molecule has 0 aliphatic heterocycles. The van der Waals surface area contributed by atoms with Crippen LogP contribution in [0.3, 0.4) is 0 Å². The van der Waals surface area contributed by atoms with E-state index >= 15 is 0 Å². The van der Waals surface area contributed by atoms with Crippen LogP contribution in [0.4, 0.5) is 10.8 Å². The molecule has 0 aliphatic carbocycles. The molecule has 0 fully saturated rings. The van der Waals surface area contributed by atoms with Crippen LogP contribution in [-0.4, -0.2) is 23.2 Å². The number of nitro groups is 1. The van der Waals surface area contributed by atoms with Gasteiger partial charge in [-0.2, -0.15) is 5.10 Å². The maximum atomic E-state index is 11.0. The summed E-state index contributed by atoms with van der Waals surface area (Å²) in [5.41, 5.74) is 4.22. The first-order valence-electron chi connectivity index (χ1n) is 6.78. The normalized spacial score (nSPS) is 10.9. The minimum Gasteiger partial charge on any atom is -0.490 e. The van der Waals surface area contributed by atoms with Crippen molar-refractivity contribution in [2.75, 3.05) is 12.5 Å². The minimum atomic E-state index is -0.488. The number of rotatable bonds is 6. The molecule has 3 aromatic rings. The average molecular weight is 360 g/mol. The van der Waals surface area contributed by atoms with E-state index in [1.165, 1.54) is 36.8 Å². The van der Waals surface area contributed by atoms with Gasteiger partial charge in [-0.15, -0.1) is 22.7 Å². The van der Waals surface area contributed by atoms with Crippen molar-refractivity contribution in [3.05, 3.63) is 56.8 Å². The molecule has 0 radical (unpaired) electrons. The van der Waals surface area contributed by atoms with Gasteiger partial charge in [-0.3, -0.25) is 15.5 Å². The Hall–Kier alpha value is -2.78. The average Bonchev–Trinajstić information content (AvgIpc) is 3.26. The number of aromatic nitrogens is 1. The summed E-state index contributed by atoms with van der Waals surface area (Å²) < 4.78 is 4.96. The van der Waals surface area contributed by atoms with Crippen LogP contribution in [0.1, 0.15) is 5.56 Å². The highest BCUT2D eigenvalue weighted by molar-refractivity contribution is 7.15. The zero-order valence-electron chi connectivity index (χ0n) is 12.5. The molecule has 0 saturated carbocycles. The van der Waals surface area contributed by atoms with Gasteiger partial charge in [0.1, 0.15) is 0 Å². The molecule has 0 unspecified atom stereocenters. The van der Waals surface area contributed by atoms with Gasteiger partial charge in [0.2, 0.25) is 5.13 Å². The molecular formula is C15H12N4O3S2. The summed E-state index contributed by atoms with van der Waals surface area (Å²) in [6.07, 6.45) is 1.50. The molecule has 0 bridgehead atoms. The van der Waals surface area contributed by atoms with E-state index in [0.29, 0.717) is 10.7 Å². The van der Waals surface area contributed by atoms with Crippen LogP contribution < -0.4 is 10.2 Å². The number of benzene rings is 1. The van der Waals surface area contributed by atoms with E-state index in [1.807, 2.05) is 22.9 Å². The molecular weight excluding hydrogens is 348 g/mol. The van der Waals surface area contributed by atoms with Gasteiger partial charge in [0.05, 0.1) is 28.8 Å². The van der Waals surface area contributed by atoms with Crippen LogP contribution in [-0.2, 0) is 0 Å². The first-order chi connectivity index (χ1) is 11.7. The van der Waals surface area contributed by atoms with Crippen molar-refractivity contribution in [1.29, 1.82) is 0 Å². The van der Waals surface area contributed by atoms with Gasteiger partial charge in [-0.05, 0) is 23.6 Å². The summed E-state index contributed by atoms with van der Waals surface area (Å²) in [6.45, 7) is 0. The predicted octanol–water partition coefficient (Wildman–Crippen LogP) is 4.23. The number of thiophene rings is 1. The Kier molecular flexibility index (Phi) is 4.82. The summed E-state index contributed by atoms with van der Waals surface area (Å²) in [6, 6.07) is 8.61. The summed E-state index contributed by atoms with van der Waals surface area (Å²) in [7, 11) is 1.39. The zero-order chi connectivity index (χ0) is 16.9. The van der Waals surface area contributed by atoms with Crippen LogP contribution in [0, 0.1) is 10.1 Å². The molecule has 3 rings (SSSR count). The Labute approximate surface area is 145 Å². The Balaban J connectivity index is 1.70. The zero-order valence-corrected chi connectivity index (χ0v) is 14.1. The van der Waals surface area contributed by atoms with Crippen molar-refractivity contribution in [2.45, 2.75) is 0 Å². The quantitative estimate of drug-likeness (QED) is 0.403. The van der Waals surface area contributed by atoms with E-state index in [-0.39, 0.29) is 11.4 Å². The van der Waals surface area contributed by atoms with Gasteiger partial charge >= 0.3 is 5.69 Å². The monoisotopic (exact) mass is 360 g/mol. The van der Waals surface area contributed by atoms with Crippen molar-refractivity contribution in [3.8, 4) is 16.3 Å². The lowest BCUT2D eigenvalue weighted by molar-refractivity contribution is -0.385. The van der Waals surface area contributed by atoms with E-state index < -0.39 is 4.92 Å². The third kappa shape index (κ3) is 3.58. The summed E-state index contributed by atoms with van der Waals surface area (Å²) >= 11 is 3.06. The number of nitrogens with zero attached hydrogens (tertiary/aromatic N) is 3. The number of nitrogens with one attached hydrogen (secondary N) is 1. The molecule has 7 nitrogen and oxygen atoms in total. The van der Waals surface area contributed by atoms with E-state index in [0.717, 1.165) is 10.6 Å². The lowest BCUT2D eigenvalue weighted by atomic mass is 10.2. The molecule has 0 saturated heterocycles. The van der Waals surface area contributed by atoms with Crippen LogP contribution >= 0.6 is 22.7 Å². The summed E-state index contributed by atoms with van der Waals surface area (Å²) in [4.78, 5) is 16.0. The lowest BCUT2D eigenvalue weighted by Crippen LogP contribution is -1.96. The maximum absolute atomic E-state index is 11.0. The van der Waals surface area contributed by atoms with Crippen molar-refractivity contribution in [3.63, 3.8) is 0 Å². The van der Waals surface area contributed by atoms with Crippen LogP contribution in [0.25, 0.3) is 10.6 Å². The molecule has 0 amide bonds. The van der Waals surface area contributed by atoms with Crippen molar-refractivity contribution in [1.82, 2.24) is 4.98 Å². The first-order valence-corrected chi connectivity index (χ1v) is 8.54. The van der Waals surface area contributed by atoms with E-state index in [4.69, 9.17) is 4.74 Å². The highest BCUT2D eigenvalue weighted by atomic mass is 32.1. The molecule has 1 N–H and O–H groups in total. The second kappa shape index (κ2) is 7.20. The third-order valence-electron chi connectivity index (χ3n) is 3.05. The summed E-state index contributed by atoms with van der Waals surface area (Å²) in [5, 5.41) is 19.7. The molecule has 2 heterocycles. The highest BCUT2D eigenvalue weighted by Gasteiger charge is 2.14. The second-order valence-electron chi connectivity index (χ2n) is 4.57. The van der Waals surface area contributed by atoms with Crippen molar-refractivity contribution in [2.24, 2.45) is 5.10 Å². The number of hydrogen-bond acceptors (Lipinski definition) is 8. The second-order valence-corrected chi connectivity index (χ2v) is 6.38. The van der Waals surface area contributed by atoms with Gasteiger partial charge in [-0.1, -0.05) is 6.07 Å². The van der Waals surface area contributed by atoms with Crippen LogP contribution in [0.15, 0.2) is 46.2 Å². The largest absolute Gasteiger partial charge is 0.490 e. The summed E-state index contributed by atoms with van der Waals surface area (Å²) in [5.74, 6) is 0.214. The molecule has 24 heavy (non-hydrogen) atoms. The highest BCUT2D eigenvalue weighted by Crippen LogP contribution is 2.28. The van der Waals surface area contributed by atoms with Gasteiger partial charge in [0, 0.05) is 17.0 Å². The molecule has 0 aliphatic rings. The molecule has 0 spiro atoms. The van der Waals surface area contributed by atoms with Crippen LogP contribution in [0.2, 0.25) is 0 Å². The number of hydrazone groups is 1. The van der Waals surface area contributed by atoms with Gasteiger partial charge in [0.15, 0.2) is 5.75 Å². The van der Waals surface area contributed by atoms with Crippen LogP contribution in [0.5, 0.6) is 5.75 Å². The number of nitro benzene ring substituents is 1. The molecule has 2 aromatic heterocycles. The number of thiazole rings is 1. The fourth-order valence-corrected chi connectivity index (χ4v) is 3.37. The molecule has 9 heteroatoms. The van der Waals surface area contributed by atoms with Gasteiger partial charge in [-0.25, -0.2) is 4.98 Å². The smallest absolute Gasteiger partial charge is 0.311 e. The Morgan fingerprint density at radius 3 is 2.96 bits per heavy atom. The Bertz CT molecular complexity index is 875. The number of methoxy groups -OCH3 is 1. The van der Waals surface area contributed by atoms with E-state index in [2.05, 4.69) is 15.5 Å². The standard InChI is InChI=1S/C15H12N4O3S2/c1-22-13-5-4-10(7-12(13)19(20)21)8-16-18-15-17-11(9-24-15)14-3-2-6-23-14/h2-9H,1H3,(H,17,18)/b16-8-. The van der Waals surface area contributed by atoms with E-state index in [9.17, 15) is 10.1 Å². The van der Waals surface area contributed by atoms with Gasteiger partial charge < -0.3 is 4.74 Å². The fraction of sp³-hybridized carbons (Fsp3) is 0.0667. The Morgan fingerprint density at radius 1 is 1.38 bits per heavy atom. The number of hydrogen-bond donors (Lipinski definition) is 1. The predicted molar refractivity (Wildman–Crippen MR) is 96.3 cm³/mol. The maximum Gasteiger partial charge on any atom is 0.311 e. The van der Waals surface area contributed by atoms with Crippen molar-refractivity contribution >= 4 is 39.7 Å². The lowest BCUT2D eigenvalue weighted by Gasteiger charge is -2.01. The number of anilines is 1. The van der Waals surface area contributed by atoms with Gasteiger partial charge in [0.25, 0.3) is 0 Å². The fourth-order valence-electron chi connectivity index (χ4n) is 1.95. The molecule has 1 aromatic carbocycles. The third-order valence-corrected chi connectivity index (χ3v) is 4.69. The topological polar surface area (TPSA) is 89.7 Å². The number of ether oxygens (including phenoxy) is 1. The van der Waals surface area contributed by atoms with E-state index in [1.54, 1.807) is 17.4 Å². The Morgan fingerprint density at radius 2 is 2.25 bits per heavy atom. The van der Waals surface area contributed by atoms with Crippen molar-refractivity contribution < 1.29 is 9.66 Å². The molecule has 122 valence electrons. The first kappa shape index (κ1) is 16.1. The molecule has 0 atom stereocenters. The minimum absolute atomic E-state index is 0.101.